The summed E-state index contributed by atoms with van der Waals surface area (Å²) >= 11 is 0. The largest absolute Gasteiger partial charge is 0.369 e. The lowest BCUT2D eigenvalue weighted by Crippen LogP contribution is -2.32. The molecule has 0 aliphatic carbocycles. The Morgan fingerprint density at radius 3 is 2.42 bits per heavy atom. The fourth-order valence-electron chi connectivity index (χ4n) is 2.46. The van der Waals surface area contributed by atoms with Crippen LogP contribution in [0.1, 0.15) is 57.8 Å². The molecule has 0 radical (unpaired) electrons. The van der Waals surface area contributed by atoms with Crippen LogP contribution in [0.25, 0.3) is 0 Å². The van der Waals surface area contributed by atoms with E-state index in [9.17, 15) is 0 Å². The van der Waals surface area contributed by atoms with Gasteiger partial charge in [0.15, 0.2) is 0 Å². The van der Waals surface area contributed by atoms with Gasteiger partial charge >= 0.3 is 0 Å². The molecule has 0 saturated carbocycles. The zero-order valence-corrected chi connectivity index (χ0v) is 13.0. The van der Waals surface area contributed by atoms with E-state index in [2.05, 4.69) is 58.9 Å². The van der Waals surface area contributed by atoms with Gasteiger partial charge in [-0.25, -0.2) is 0 Å². The number of ether oxygens (including phenoxy) is 1. The summed E-state index contributed by atoms with van der Waals surface area (Å²) in [5.41, 5.74) is 8.71. The van der Waals surface area contributed by atoms with Gasteiger partial charge in [-0.2, -0.15) is 0 Å². The highest BCUT2D eigenvalue weighted by molar-refractivity contribution is 5.25. The predicted octanol–water partition coefficient (Wildman–Crippen LogP) is 4.22. The van der Waals surface area contributed by atoms with Crippen LogP contribution in [0, 0.1) is 12.8 Å². The van der Waals surface area contributed by atoms with Crippen LogP contribution in [0.5, 0.6) is 0 Å². The Kier molecular flexibility index (Phi) is 6.53. The summed E-state index contributed by atoms with van der Waals surface area (Å²) < 4.78 is 6.23. The first-order chi connectivity index (χ1) is 8.93. The Morgan fingerprint density at radius 1 is 1.21 bits per heavy atom. The molecule has 108 valence electrons. The van der Waals surface area contributed by atoms with E-state index in [1.807, 2.05) is 0 Å². The normalized spacial score (nSPS) is 16.4. The third kappa shape index (κ3) is 5.33. The molecule has 1 rings (SSSR count). The van der Waals surface area contributed by atoms with Crippen LogP contribution in [0.15, 0.2) is 24.3 Å². The molecule has 0 bridgehead atoms. The lowest BCUT2D eigenvalue weighted by Gasteiger charge is -2.28. The second-order valence-electron chi connectivity index (χ2n) is 5.98. The van der Waals surface area contributed by atoms with Gasteiger partial charge in [0.1, 0.15) is 0 Å². The number of hydrogen-bond donors (Lipinski definition) is 1. The highest BCUT2D eigenvalue weighted by Crippen LogP contribution is 2.26. The number of hydrogen-bond acceptors (Lipinski definition) is 2. The molecule has 0 amide bonds. The summed E-state index contributed by atoms with van der Waals surface area (Å²) in [6.45, 7) is 10.8. The molecule has 0 aromatic heterocycles. The zero-order valence-electron chi connectivity index (χ0n) is 13.0. The lowest BCUT2D eigenvalue weighted by molar-refractivity contribution is -0.0271. The number of aryl methyl sites for hydroxylation is 1. The average Bonchev–Trinajstić information content (AvgIpc) is 2.34. The van der Waals surface area contributed by atoms with Crippen molar-refractivity contribution in [3.63, 3.8) is 0 Å². The lowest BCUT2D eigenvalue weighted by atomic mass is 9.98. The van der Waals surface area contributed by atoms with Crippen molar-refractivity contribution in [2.75, 3.05) is 0 Å². The Morgan fingerprint density at radius 2 is 1.89 bits per heavy atom. The van der Waals surface area contributed by atoms with Crippen molar-refractivity contribution in [1.29, 1.82) is 0 Å². The van der Waals surface area contributed by atoms with Gasteiger partial charge in [-0.1, -0.05) is 50.6 Å². The van der Waals surface area contributed by atoms with Crippen LogP contribution < -0.4 is 5.73 Å². The van der Waals surface area contributed by atoms with E-state index in [4.69, 9.17) is 10.5 Å². The van der Waals surface area contributed by atoms with E-state index >= 15 is 0 Å². The summed E-state index contributed by atoms with van der Waals surface area (Å²) in [6.07, 6.45) is 2.23. The molecule has 0 aliphatic heterocycles. The third-order valence-corrected chi connectivity index (χ3v) is 3.41. The Balaban J connectivity index is 2.83. The summed E-state index contributed by atoms with van der Waals surface area (Å²) in [6, 6.07) is 8.54. The number of benzene rings is 1. The van der Waals surface area contributed by atoms with Crippen LogP contribution in [-0.2, 0) is 4.74 Å². The molecule has 1 aromatic rings. The van der Waals surface area contributed by atoms with Gasteiger partial charge in [0, 0.05) is 6.04 Å². The van der Waals surface area contributed by atoms with Crippen LogP contribution >= 0.6 is 0 Å². The van der Waals surface area contributed by atoms with Crippen LogP contribution in [-0.4, -0.2) is 12.1 Å². The van der Waals surface area contributed by atoms with Crippen molar-refractivity contribution in [2.24, 2.45) is 11.7 Å². The molecular weight excluding hydrogens is 234 g/mol. The Hall–Kier alpha value is -0.860. The average molecular weight is 263 g/mol. The van der Waals surface area contributed by atoms with Gasteiger partial charge in [0.25, 0.3) is 0 Å². The molecule has 0 saturated heterocycles. The second kappa shape index (κ2) is 7.66. The maximum atomic E-state index is 6.25. The minimum absolute atomic E-state index is 0.00125. The van der Waals surface area contributed by atoms with E-state index in [1.54, 1.807) is 0 Å². The minimum Gasteiger partial charge on any atom is -0.369 e. The zero-order chi connectivity index (χ0) is 14.4. The fraction of sp³-hybridized carbons (Fsp3) is 0.647. The standard InChI is InChI=1S/C17H29NO/c1-6-16(18)17(19-14(5)10-12(2)3)15-9-7-8-13(4)11-15/h7-9,11-12,14,16-17H,6,10,18H2,1-5H3. The summed E-state index contributed by atoms with van der Waals surface area (Å²) in [5.74, 6) is 0.644. The SMILES string of the molecule is CCC(N)C(OC(C)CC(C)C)c1cccc(C)c1. The predicted molar refractivity (Wildman–Crippen MR) is 82.2 cm³/mol. The van der Waals surface area contributed by atoms with Crippen molar-refractivity contribution < 1.29 is 4.74 Å². The monoisotopic (exact) mass is 263 g/mol. The van der Waals surface area contributed by atoms with Gasteiger partial charge in [-0.05, 0) is 38.2 Å². The molecule has 0 heterocycles. The topological polar surface area (TPSA) is 35.2 Å². The number of nitrogens with two attached hydrogens (primary N) is 1. The Bertz CT molecular complexity index is 375. The van der Waals surface area contributed by atoms with E-state index < -0.39 is 0 Å². The van der Waals surface area contributed by atoms with Crippen LogP contribution in [0.2, 0.25) is 0 Å². The molecule has 3 unspecified atom stereocenters. The molecule has 2 nitrogen and oxygen atoms in total. The minimum atomic E-state index is -0.00125. The van der Waals surface area contributed by atoms with Crippen molar-refractivity contribution in [3.05, 3.63) is 35.4 Å². The third-order valence-electron chi connectivity index (χ3n) is 3.41. The smallest absolute Gasteiger partial charge is 0.0979 e. The van der Waals surface area contributed by atoms with E-state index in [0.717, 1.165) is 12.8 Å². The van der Waals surface area contributed by atoms with Crippen LogP contribution in [0.3, 0.4) is 0 Å². The first kappa shape index (κ1) is 16.2. The highest BCUT2D eigenvalue weighted by atomic mass is 16.5. The summed E-state index contributed by atoms with van der Waals surface area (Å²) in [5, 5.41) is 0. The first-order valence-electron chi connectivity index (χ1n) is 7.41. The molecule has 0 fully saturated rings. The van der Waals surface area contributed by atoms with Crippen molar-refractivity contribution in [3.8, 4) is 0 Å². The van der Waals surface area contributed by atoms with Crippen LogP contribution in [0.4, 0.5) is 0 Å². The molecular formula is C17H29NO. The molecule has 0 spiro atoms. The highest BCUT2D eigenvalue weighted by Gasteiger charge is 2.22. The second-order valence-corrected chi connectivity index (χ2v) is 5.98. The van der Waals surface area contributed by atoms with Gasteiger partial charge in [0.05, 0.1) is 12.2 Å². The van der Waals surface area contributed by atoms with Gasteiger partial charge in [0.2, 0.25) is 0 Å². The molecule has 1 aromatic carbocycles. The fourth-order valence-corrected chi connectivity index (χ4v) is 2.46. The molecule has 0 aliphatic rings. The maximum Gasteiger partial charge on any atom is 0.0979 e. The molecule has 19 heavy (non-hydrogen) atoms. The molecule has 3 atom stereocenters. The quantitative estimate of drug-likeness (QED) is 0.799. The van der Waals surface area contributed by atoms with Gasteiger partial charge < -0.3 is 10.5 Å². The Labute approximate surface area is 118 Å². The van der Waals surface area contributed by atoms with Crippen molar-refractivity contribution >= 4 is 0 Å². The van der Waals surface area contributed by atoms with E-state index in [0.29, 0.717) is 5.92 Å². The molecule has 2 heteroatoms. The van der Waals surface area contributed by atoms with E-state index in [1.165, 1.54) is 11.1 Å². The van der Waals surface area contributed by atoms with Gasteiger partial charge in [-0.3, -0.25) is 0 Å². The molecule has 2 N–H and O–H groups in total. The van der Waals surface area contributed by atoms with E-state index in [-0.39, 0.29) is 18.2 Å². The van der Waals surface area contributed by atoms with Crippen molar-refractivity contribution in [2.45, 2.75) is 65.7 Å². The maximum absolute atomic E-state index is 6.25. The van der Waals surface area contributed by atoms with Crippen molar-refractivity contribution in [1.82, 2.24) is 0 Å². The van der Waals surface area contributed by atoms with Gasteiger partial charge in [-0.15, -0.1) is 0 Å². The summed E-state index contributed by atoms with van der Waals surface area (Å²) in [7, 11) is 0. The summed E-state index contributed by atoms with van der Waals surface area (Å²) in [4.78, 5) is 0. The first-order valence-corrected chi connectivity index (χ1v) is 7.41. The number of rotatable bonds is 7.